The highest BCUT2D eigenvalue weighted by molar-refractivity contribution is 6.30. The molecule has 0 saturated heterocycles. The molecule has 19 heavy (non-hydrogen) atoms. The van der Waals surface area contributed by atoms with Crippen LogP contribution in [-0.4, -0.2) is 11.0 Å². The van der Waals surface area contributed by atoms with E-state index >= 15 is 0 Å². The van der Waals surface area contributed by atoms with E-state index in [1.54, 1.807) is 6.07 Å². The predicted octanol–water partition coefficient (Wildman–Crippen LogP) is 4.15. The van der Waals surface area contributed by atoms with Crippen molar-refractivity contribution in [3.05, 3.63) is 34.8 Å². The van der Waals surface area contributed by atoms with Crippen molar-refractivity contribution in [3.8, 4) is 6.07 Å². The number of aromatic nitrogens is 1. The third kappa shape index (κ3) is 4.22. The molecular formula is C14H17ClFN3. The Kier molecular flexibility index (Phi) is 5.31. The maximum atomic E-state index is 13.8. The Bertz CT molecular complexity index is 520. The van der Waals surface area contributed by atoms with E-state index in [2.05, 4.69) is 16.9 Å². The lowest BCUT2D eigenvalue weighted by molar-refractivity contribution is 0.512. The van der Waals surface area contributed by atoms with Gasteiger partial charge in [0.1, 0.15) is 11.2 Å². The van der Waals surface area contributed by atoms with Crippen molar-refractivity contribution >= 4 is 17.4 Å². The molecule has 1 aromatic rings. The summed E-state index contributed by atoms with van der Waals surface area (Å²) in [5.41, 5.74) is 1.04. The van der Waals surface area contributed by atoms with Gasteiger partial charge >= 0.3 is 0 Å². The molecule has 0 aliphatic rings. The summed E-state index contributed by atoms with van der Waals surface area (Å²) < 4.78 is 13.8. The molecule has 102 valence electrons. The normalized spacial score (nSPS) is 12.1. The number of hydrogen-bond donors (Lipinski definition) is 1. The molecule has 1 rings (SSSR count). The number of halogens is 2. The first-order chi connectivity index (χ1) is 8.85. The van der Waals surface area contributed by atoms with E-state index in [-0.39, 0.29) is 28.5 Å². The van der Waals surface area contributed by atoms with Crippen molar-refractivity contribution in [2.45, 2.75) is 33.2 Å². The zero-order chi connectivity index (χ0) is 14.6. The first-order valence-corrected chi connectivity index (χ1v) is 6.40. The van der Waals surface area contributed by atoms with Gasteiger partial charge in [-0.3, -0.25) is 0 Å². The number of anilines is 1. The summed E-state index contributed by atoms with van der Waals surface area (Å²) >= 11 is 5.81. The van der Waals surface area contributed by atoms with Crippen molar-refractivity contribution in [2.75, 3.05) is 5.32 Å². The molecule has 0 radical (unpaired) electrons. The highest BCUT2D eigenvalue weighted by Crippen LogP contribution is 2.23. The van der Waals surface area contributed by atoms with Crippen LogP contribution >= 0.6 is 11.6 Å². The largest absolute Gasteiger partial charge is 0.364 e. The van der Waals surface area contributed by atoms with E-state index in [9.17, 15) is 4.39 Å². The molecule has 1 N–H and O–H groups in total. The van der Waals surface area contributed by atoms with Gasteiger partial charge in [0.15, 0.2) is 11.6 Å². The minimum Gasteiger partial charge on any atom is -0.364 e. The molecule has 0 saturated carbocycles. The monoisotopic (exact) mass is 281 g/mol. The summed E-state index contributed by atoms with van der Waals surface area (Å²) in [5, 5.41) is 11.8. The topological polar surface area (TPSA) is 48.7 Å². The minimum atomic E-state index is -0.576. The molecule has 0 spiro atoms. The van der Waals surface area contributed by atoms with Gasteiger partial charge in [0.05, 0.1) is 5.56 Å². The van der Waals surface area contributed by atoms with Crippen molar-refractivity contribution in [2.24, 2.45) is 5.92 Å². The molecule has 0 amide bonds. The maximum Gasteiger partial charge on any atom is 0.166 e. The molecule has 0 aromatic carbocycles. The predicted molar refractivity (Wildman–Crippen MR) is 75.6 cm³/mol. The van der Waals surface area contributed by atoms with E-state index in [4.69, 9.17) is 16.9 Å². The van der Waals surface area contributed by atoms with Crippen LogP contribution in [0.15, 0.2) is 18.2 Å². The van der Waals surface area contributed by atoms with Crippen LogP contribution in [0, 0.1) is 23.1 Å². The first kappa shape index (κ1) is 15.5. The molecule has 0 aliphatic heterocycles. The highest BCUT2D eigenvalue weighted by atomic mass is 35.5. The summed E-state index contributed by atoms with van der Waals surface area (Å²) in [7, 11) is 0. The fourth-order valence-corrected chi connectivity index (χ4v) is 1.83. The second-order valence-corrected chi connectivity index (χ2v) is 5.28. The Morgan fingerprint density at radius 1 is 1.63 bits per heavy atom. The van der Waals surface area contributed by atoms with Crippen molar-refractivity contribution in [1.29, 1.82) is 5.26 Å². The van der Waals surface area contributed by atoms with Crippen LogP contribution in [0.3, 0.4) is 0 Å². The molecule has 1 aromatic heterocycles. The van der Waals surface area contributed by atoms with Gasteiger partial charge in [0, 0.05) is 6.04 Å². The van der Waals surface area contributed by atoms with Gasteiger partial charge in [0.25, 0.3) is 0 Å². The van der Waals surface area contributed by atoms with E-state index < -0.39 is 5.82 Å². The molecule has 3 nitrogen and oxygen atoms in total. The molecule has 0 aliphatic carbocycles. The molecule has 1 atom stereocenters. The smallest absolute Gasteiger partial charge is 0.166 e. The Morgan fingerprint density at radius 2 is 2.26 bits per heavy atom. The Hall–Kier alpha value is -1.60. The molecule has 0 unspecified atom stereocenters. The van der Waals surface area contributed by atoms with Crippen LogP contribution in [0.4, 0.5) is 10.2 Å². The Balaban J connectivity index is 3.00. The molecule has 5 heteroatoms. The fraction of sp³-hybridized carbons (Fsp3) is 0.429. The van der Waals surface area contributed by atoms with Gasteiger partial charge < -0.3 is 5.32 Å². The van der Waals surface area contributed by atoms with Crippen LogP contribution in [-0.2, 0) is 0 Å². The van der Waals surface area contributed by atoms with E-state index in [0.29, 0.717) is 0 Å². The number of hydrogen-bond acceptors (Lipinski definition) is 3. The Morgan fingerprint density at radius 3 is 2.74 bits per heavy atom. The first-order valence-electron chi connectivity index (χ1n) is 6.02. The van der Waals surface area contributed by atoms with Gasteiger partial charge in [0.2, 0.25) is 0 Å². The van der Waals surface area contributed by atoms with Gasteiger partial charge in [-0.15, -0.1) is 6.58 Å². The van der Waals surface area contributed by atoms with Crippen LogP contribution in [0.2, 0.25) is 5.15 Å². The second kappa shape index (κ2) is 6.53. The Labute approximate surface area is 118 Å². The highest BCUT2D eigenvalue weighted by Gasteiger charge is 2.17. The third-order valence-electron chi connectivity index (χ3n) is 2.75. The SMILES string of the molecule is C=C(C)C[C@@H](Nc1nc(Cl)c(C#N)cc1F)C(C)C. The van der Waals surface area contributed by atoms with Gasteiger partial charge in [-0.2, -0.15) is 5.26 Å². The van der Waals surface area contributed by atoms with E-state index in [1.807, 2.05) is 20.8 Å². The van der Waals surface area contributed by atoms with Gasteiger partial charge in [-0.1, -0.05) is 31.0 Å². The zero-order valence-corrected chi connectivity index (χ0v) is 12.1. The van der Waals surface area contributed by atoms with Crippen LogP contribution in [0.1, 0.15) is 32.8 Å². The lowest BCUT2D eigenvalue weighted by atomic mass is 9.97. The number of nitriles is 1. The maximum absolute atomic E-state index is 13.8. The average molecular weight is 282 g/mol. The second-order valence-electron chi connectivity index (χ2n) is 4.93. The van der Waals surface area contributed by atoms with Gasteiger partial charge in [-0.05, 0) is 25.3 Å². The third-order valence-corrected chi connectivity index (χ3v) is 3.03. The van der Waals surface area contributed by atoms with E-state index in [0.717, 1.165) is 18.1 Å². The molecule has 0 bridgehead atoms. The molecule has 1 heterocycles. The summed E-state index contributed by atoms with van der Waals surface area (Å²) in [6.07, 6.45) is 0.719. The van der Waals surface area contributed by atoms with Crippen molar-refractivity contribution < 1.29 is 4.39 Å². The van der Waals surface area contributed by atoms with Crippen molar-refractivity contribution in [3.63, 3.8) is 0 Å². The standard InChI is InChI=1S/C14H17ClFN3/c1-8(2)5-12(9(3)4)18-14-11(16)6-10(7-17)13(15)19-14/h6,9,12H,1,5H2,2-4H3,(H,18,19)/t12-/m1/s1. The zero-order valence-electron chi connectivity index (χ0n) is 11.3. The number of rotatable bonds is 5. The van der Waals surface area contributed by atoms with Crippen LogP contribution < -0.4 is 5.32 Å². The number of nitrogens with zero attached hydrogens (tertiary/aromatic N) is 2. The minimum absolute atomic E-state index is 0.00392. The average Bonchev–Trinajstić information content (AvgIpc) is 2.31. The fourth-order valence-electron chi connectivity index (χ4n) is 1.65. The summed E-state index contributed by atoms with van der Waals surface area (Å²) in [6, 6.07) is 2.91. The number of pyridine rings is 1. The van der Waals surface area contributed by atoms with Crippen LogP contribution in [0.5, 0.6) is 0 Å². The van der Waals surface area contributed by atoms with Gasteiger partial charge in [-0.25, -0.2) is 9.37 Å². The van der Waals surface area contributed by atoms with Crippen molar-refractivity contribution in [1.82, 2.24) is 4.98 Å². The lowest BCUT2D eigenvalue weighted by Gasteiger charge is -2.23. The molecular weight excluding hydrogens is 265 g/mol. The number of nitrogens with one attached hydrogen (secondary N) is 1. The summed E-state index contributed by atoms with van der Waals surface area (Å²) in [5.74, 6) is -0.218. The van der Waals surface area contributed by atoms with Crippen LogP contribution in [0.25, 0.3) is 0 Å². The summed E-state index contributed by atoms with van der Waals surface area (Å²) in [6.45, 7) is 9.85. The quantitative estimate of drug-likeness (QED) is 0.651. The summed E-state index contributed by atoms with van der Waals surface area (Å²) in [4.78, 5) is 3.90. The lowest BCUT2D eigenvalue weighted by Crippen LogP contribution is -2.27. The van der Waals surface area contributed by atoms with E-state index in [1.165, 1.54) is 0 Å². The molecule has 0 fully saturated rings.